The summed E-state index contributed by atoms with van der Waals surface area (Å²) >= 11 is 13.4. The van der Waals surface area contributed by atoms with Crippen LogP contribution in [0, 0.1) is 0 Å². The molecular formula is C16H17Cl2NO5S. The first-order chi connectivity index (χ1) is 11.9. The maximum atomic E-state index is 12.4. The number of benzene rings is 1. The molecule has 0 spiro atoms. The Morgan fingerprint density at radius 1 is 1.44 bits per heavy atom. The molecule has 0 aliphatic carbocycles. The largest absolute Gasteiger partial charge is 0.463 e. The van der Waals surface area contributed by atoms with Crippen LogP contribution in [0.4, 0.5) is 0 Å². The fourth-order valence-corrected chi connectivity index (χ4v) is 3.17. The summed E-state index contributed by atoms with van der Waals surface area (Å²) in [4.78, 5) is 36.2. The number of carbonyl (C=O) groups excluding carboxylic acids is 3. The highest BCUT2D eigenvalue weighted by atomic mass is 35.5. The lowest BCUT2D eigenvalue weighted by Gasteiger charge is -2.19. The van der Waals surface area contributed by atoms with Crippen molar-refractivity contribution in [2.75, 3.05) is 18.6 Å². The predicted molar refractivity (Wildman–Crippen MR) is 96.2 cm³/mol. The Bertz CT molecular complexity index is 670. The number of ether oxygens (including phenoxy) is 2. The highest BCUT2D eigenvalue weighted by Gasteiger charge is 2.33. The lowest BCUT2D eigenvalue weighted by atomic mass is 10.1. The van der Waals surface area contributed by atoms with Crippen LogP contribution in [0.3, 0.4) is 0 Å². The molecule has 1 aromatic rings. The molecule has 1 N–H and O–H groups in total. The van der Waals surface area contributed by atoms with Crippen LogP contribution in [0.25, 0.3) is 0 Å². The Morgan fingerprint density at radius 3 is 2.80 bits per heavy atom. The quantitative estimate of drug-likeness (QED) is 0.702. The normalized spacial score (nSPS) is 17.7. The van der Waals surface area contributed by atoms with Crippen LogP contribution in [0.15, 0.2) is 18.2 Å². The van der Waals surface area contributed by atoms with Crippen molar-refractivity contribution in [1.29, 1.82) is 0 Å². The number of nitrogens with one attached hydrogen (secondary N) is 1. The maximum absolute atomic E-state index is 12.4. The molecule has 0 aromatic heterocycles. The first kappa shape index (κ1) is 19.9. The molecule has 0 saturated carbocycles. The smallest absolute Gasteiger partial charge is 0.347 e. The summed E-state index contributed by atoms with van der Waals surface area (Å²) in [5, 5.41) is 3.19. The van der Waals surface area contributed by atoms with Crippen molar-refractivity contribution >= 4 is 52.8 Å². The molecule has 1 fully saturated rings. The minimum Gasteiger partial charge on any atom is -0.463 e. The highest BCUT2D eigenvalue weighted by Crippen LogP contribution is 2.21. The van der Waals surface area contributed by atoms with Crippen LogP contribution in [-0.4, -0.2) is 48.6 Å². The zero-order chi connectivity index (χ0) is 18.4. The van der Waals surface area contributed by atoms with Crippen LogP contribution < -0.4 is 5.32 Å². The standard InChI is InChI=1S/C16H17Cl2NO5S/c1-25-7-5-12(15(21)24-13-4-6-23-16(13)22)19-14(20)10-3-2-9(17)8-11(10)18/h2-3,8,12-13H,4-7H2,1H3,(H,19,20)/t12-,13-/m1/s1. The van der Waals surface area contributed by atoms with Crippen LogP contribution in [0.2, 0.25) is 10.0 Å². The van der Waals surface area contributed by atoms with E-state index in [9.17, 15) is 14.4 Å². The Hall–Kier alpha value is -1.44. The fraction of sp³-hybridized carbons (Fsp3) is 0.438. The highest BCUT2D eigenvalue weighted by molar-refractivity contribution is 7.98. The number of esters is 2. The number of halogens is 2. The molecule has 1 amide bonds. The summed E-state index contributed by atoms with van der Waals surface area (Å²) < 4.78 is 9.94. The molecule has 0 radical (unpaired) electrons. The van der Waals surface area contributed by atoms with E-state index in [-0.39, 0.29) is 17.2 Å². The zero-order valence-corrected chi connectivity index (χ0v) is 15.7. The van der Waals surface area contributed by atoms with Gasteiger partial charge in [0.2, 0.25) is 6.10 Å². The van der Waals surface area contributed by atoms with Crippen LogP contribution in [-0.2, 0) is 19.1 Å². The molecule has 0 unspecified atom stereocenters. The third kappa shape index (κ3) is 5.52. The van der Waals surface area contributed by atoms with Gasteiger partial charge in [0.05, 0.1) is 17.2 Å². The van der Waals surface area contributed by atoms with Crippen molar-refractivity contribution < 1.29 is 23.9 Å². The average molecular weight is 406 g/mol. The minimum absolute atomic E-state index is 0.182. The molecule has 9 heteroatoms. The van der Waals surface area contributed by atoms with Crippen LogP contribution in [0.5, 0.6) is 0 Å². The number of hydrogen-bond donors (Lipinski definition) is 1. The lowest BCUT2D eigenvalue weighted by molar-refractivity contribution is -0.161. The second-order valence-electron chi connectivity index (χ2n) is 5.31. The zero-order valence-electron chi connectivity index (χ0n) is 13.4. The Balaban J connectivity index is 2.06. The molecule has 25 heavy (non-hydrogen) atoms. The SMILES string of the molecule is CSCC[C@@H](NC(=O)c1ccc(Cl)cc1Cl)C(=O)O[C@@H]1CCOC1=O. The van der Waals surface area contributed by atoms with Gasteiger partial charge in [-0.1, -0.05) is 23.2 Å². The summed E-state index contributed by atoms with van der Waals surface area (Å²) in [7, 11) is 0. The average Bonchev–Trinajstić information content (AvgIpc) is 2.96. The van der Waals surface area contributed by atoms with Gasteiger partial charge >= 0.3 is 11.9 Å². The fourth-order valence-electron chi connectivity index (χ4n) is 2.20. The van der Waals surface area contributed by atoms with Gasteiger partial charge in [-0.25, -0.2) is 9.59 Å². The third-order valence-corrected chi connectivity index (χ3v) is 4.71. The Kier molecular flexibility index (Phi) is 7.40. The molecule has 1 heterocycles. The van der Waals surface area contributed by atoms with Gasteiger partial charge in [-0.05, 0) is 36.6 Å². The van der Waals surface area contributed by atoms with Crippen molar-refractivity contribution in [3.05, 3.63) is 33.8 Å². The Labute approximate surface area is 159 Å². The number of amides is 1. The molecule has 2 rings (SSSR count). The number of carbonyl (C=O) groups is 3. The molecule has 1 saturated heterocycles. The van der Waals surface area contributed by atoms with E-state index < -0.39 is 30.0 Å². The number of thioether (sulfide) groups is 1. The van der Waals surface area contributed by atoms with Gasteiger partial charge in [-0.3, -0.25) is 4.79 Å². The van der Waals surface area contributed by atoms with Gasteiger partial charge < -0.3 is 14.8 Å². The summed E-state index contributed by atoms with van der Waals surface area (Å²) in [5.74, 6) is -1.12. The molecule has 1 aliphatic rings. The molecule has 6 nitrogen and oxygen atoms in total. The van der Waals surface area contributed by atoms with Gasteiger partial charge in [0.25, 0.3) is 5.91 Å². The van der Waals surface area contributed by atoms with Crippen molar-refractivity contribution in [2.24, 2.45) is 0 Å². The molecule has 0 bridgehead atoms. The van der Waals surface area contributed by atoms with E-state index in [0.717, 1.165) is 0 Å². The van der Waals surface area contributed by atoms with Gasteiger partial charge in [0.15, 0.2) is 0 Å². The Morgan fingerprint density at radius 2 is 2.20 bits per heavy atom. The lowest BCUT2D eigenvalue weighted by Crippen LogP contribution is -2.44. The maximum Gasteiger partial charge on any atom is 0.347 e. The number of cyclic esters (lactones) is 1. The van der Waals surface area contributed by atoms with E-state index >= 15 is 0 Å². The second-order valence-corrected chi connectivity index (χ2v) is 7.14. The van der Waals surface area contributed by atoms with Gasteiger partial charge in [0.1, 0.15) is 6.04 Å². The first-order valence-corrected chi connectivity index (χ1v) is 9.69. The summed E-state index contributed by atoms with van der Waals surface area (Å²) in [6.45, 7) is 0.221. The molecule has 1 aromatic carbocycles. The molecular weight excluding hydrogens is 389 g/mol. The second kappa shape index (κ2) is 9.31. The summed E-state index contributed by atoms with van der Waals surface area (Å²) in [6, 6.07) is 3.57. The molecule has 2 atom stereocenters. The van der Waals surface area contributed by atoms with Crippen molar-refractivity contribution in [1.82, 2.24) is 5.32 Å². The van der Waals surface area contributed by atoms with Gasteiger partial charge in [-0.15, -0.1) is 0 Å². The van der Waals surface area contributed by atoms with Crippen molar-refractivity contribution in [2.45, 2.75) is 25.0 Å². The van der Waals surface area contributed by atoms with Crippen LogP contribution in [0.1, 0.15) is 23.2 Å². The van der Waals surface area contributed by atoms with E-state index in [2.05, 4.69) is 5.32 Å². The van der Waals surface area contributed by atoms with Crippen LogP contribution >= 0.6 is 35.0 Å². The third-order valence-electron chi connectivity index (χ3n) is 3.52. The monoisotopic (exact) mass is 405 g/mol. The van der Waals surface area contributed by atoms with E-state index in [4.69, 9.17) is 32.7 Å². The van der Waals surface area contributed by atoms with E-state index in [1.807, 2.05) is 6.26 Å². The molecule has 136 valence electrons. The number of rotatable bonds is 7. The van der Waals surface area contributed by atoms with E-state index in [1.54, 1.807) is 0 Å². The predicted octanol–water partition coefficient (Wildman–Crippen LogP) is 2.70. The van der Waals surface area contributed by atoms with E-state index in [0.29, 0.717) is 23.6 Å². The van der Waals surface area contributed by atoms with Gasteiger partial charge in [-0.2, -0.15) is 11.8 Å². The summed E-state index contributed by atoms with van der Waals surface area (Å²) in [6.07, 6.45) is 1.64. The topological polar surface area (TPSA) is 81.7 Å². The summed E-state index contributed by atoms with van der Waals surface area (Å²) in [5.41, 5.74) is 0.202. The van der Waals surface area contributed by atoms with Gasteiger partial charge in [0, 0.05) is 11.4 Å². The first-order valence-electron chi connectivity index (χ1n) is 7.54. The minimum atomic E-state index is -0.916. The van der Waals surface area contributed by atoms with E-state index in [1.165, 1.54) is 30.0 Å². The number of hydrogen-bond acceptors (Lipinski definition) is 6. The van der Waals surface area contributed by atoms with Crippen molar-refractivity contribution in [3.63, 3.8) is 0 Å². The molecule has 1 aliphatic heterocycles. The van der Waals surface area contributed by atoms with Crippen molar-refractivity contribution in [3.8, 4) is 0 Å².